The molecule has 1 heterocycles. The third-order valence-corrected chi connectivity index (χ3v) is 4.20. The monoisotopic (exact) mass is 326 g/mol. The number of carbonyl (C=O) groups is 1. The molecular formula is C19H22N2O3. The highest BCUT2D eigenvalue weighted by atomic mass is 16.6. The Morgan fingerprint density at radius 2 is 1.46 bits per heavy atom. The van der Waals surface area contributed by atoms with Crippen molar-refractivity contribution in [2.75, 3.05) is 38.2 Å². The molecule has 0 atom stereocenters. The maximum absolute atomic E-state index is 12.2. The van der Waals surface area contributed by atoms with Crippen LogP contribution < -0.4 is 14.4 Å². The van der Waals surface area contributed by atoms with Gasteiger partial charge in [-0.2, -0.15) is 0 Å². The molecule has 0 spiro atoms. The number of piperazine rings is 1. The van der Waals surface area contributed by atoms with Crippen molar-refractivity contribution in [1.29, 1.82) is 0 Å². The minimum absolute atomic E-state index is 0.284. The zero-order valence-electron chi connectivity index (χ0n) is 14.1. The summed E-state index contributed by atoms with van der Waals surface area (Å²) in [5.74, 6) is 1.43. The number of hydrogen-bond acceptors (Lipinski definition) is 4. The van der Waals surface area contributed by atoms with Gasteiger partial charge in [0.05, 0.1) is 7.11 Å². The molecule has 0 radical (unpaired) electrons. The molecule has 0 aliphatic carbocycles. The average Bonchev–Trinajstić information content (AvgIpc) is 2.64. The van der Waals surface area contributed by atoms with Crippen molar-refractivity contribution < 1.29 is 14.3 Å². The van der Waals surface area contributed by atoms with Gasteiger partial charge in [0.15, 0.2) is 0 Å². The lowest BCUT2D eigenvalue weighted by Gasteiger charge is -2.35. The lowest BCUT2D eigenvalue weighted by atomic mass is 10.2. The maximum Gasteiger partial charge on any atom is 0.415 e. The number of carbonyl (C=O) groups excluding carboxylic acids is 1. The molecule has 3 rings (SSSR count). The van der Waals surface area contributed by atoms with Crippen LogP contribution in [-0.2, 0) is 0 Å². The van der Waals surface area contributed by atoms with Crippen molar-refractivity contribution in [2.24, 2.45) is 0 Å². The SMILES string of the molecule is COc1ccc(N2CCN(C(=O)Oc3ccc(C)cc3)CC2)cc1. The maximum atomic E-state index is 12.2. The Morgan fingerprint density at radius 1 is 0.875 bits per heavy atom. The van der Waals surface area contributed by atoms with Crippen LogP contribution in [0.4, 0.5) is 10.5 Å². The summed E-state index contributed by atoms with van der Waals surface area (Å²) in [4.78, 5) is 16.3. The second-order valence-electron chi connectivity index (χ2n) is 5.85. The predicted molar refractivity (Wildman–Crippen MR) is 94.0 cm³/mol. The van der Waals surface area contributed by atoms with Gasteiger partial charge in [0, 0.05) is 31.9 Å². The minimum atomic E-state index is -0.284. The molecule has 1 amide bonds. The highest BCUT2D eigenvalue weighted by Gasteiger charge is 2.22. The molecule has 0 N–H and O–H groups in total. The predicted octanol–water partition coefficient (Wildman–Crippen LogP) is 3.32. The molecule has 24 heavy (non-hydrogen) atoms. The number of amides is 1. The molecule has 0 bridgehead atoms. The van der Waals surface area contributed by atoms with Gasteiger partial charge in [0.1, 0.15) is 11.5 Å². The summed E-state index contributed by atoms with van der Waals surface area (Å²) < 4.78 is 10.6. The molecule has 0 unspecified atom stereocenters. The van der Waals surface area contributed by atoms with Gasteiger partial charge in [0.2, 0.25) is 0 Å². The molecule has 0 saturated carbocycles. The molecule has 0 aromatic heterocycles. The van der Waals surface area contributed by atoms with Crippen LogP contribution in [0.25, 0.3) is 0 Å². The van der Waals surface area contributed by atoms with Crippen LogP contribution in [0.3, 0.4) is 0 Å². The molecule has 1 fully saturated rings. The van der Waals surface area contributed by atoms with E-state index in [1.54, 1.807) is 12.0 Å². The fraction of sp³-hybridized carbons (Fsp3) is 0.316. The van der Waals surface area contributed by atoms with Gasteiger partial charge in [-0.1, -0.05) is 17.7 Å². The molecule has 1 saturated heterocycles. The quantitative estimate of drug-likeness (QED) is 0.868. The largest absolute Gasteiger partial charge is 0.497 e. The summed E-state index contributed by atoms with van der Waals surface area (Å²) in [6, 6.07) is 15.5. The van der Waals surface area contributed by atoms with E-state index in [-0.39, 0.29) is 6.09 Å². The van der Waals surface area contributed by atoms with E-state index in [0.717, 1.165) is 30.1 Å². The summed E-state index contributed by atoms with van der Waals surface area (Å²) in [6.45, 7) is 4.88. The number of rotatable bonds is 3. The van der Waals surface area contributed by atoms with Gasteiger partial charge in [-0.25, -0.2) is 4.79 Å². The molecule has 1 aliphatic heterocycles. The molecule has 5 nitrogen and oxygen atoms in total. The van der Waals surface area contributed by atoms with E-state index in [4.69, 9.17) is 9.47 Å². The Hall–Kier alpha value is -2.69. The second-order valence-corrected chi connectivity index (χ2v) is 5.85. The Bertz CT molecular complexity index is 675. The Balaban J connectivity index is 1.54. The molecular weight excluding hydrogens is 304 g/mol. The Labute approximate surface area is 142 Å². The second kappa shape index (κ2) is 7.25. The third-order valence-electron chi connectivity index (χ3n) is 4.20. The van der Waals surface area contributed by atoms with Gasteiger partial charge in [-0.05, 0) is 43.3 Å². The summed E-state index contributed by atoms with van der Waals surface area (Å²) in [5.41, 5.74) is 2.28. The van der Waals surface area contributed by atoms with Gasteiger partial charge < -0.3 is 19.3 Å². The number of benzene rings is 2. The number of aryl methyl sites for hydroxylation is 1. The smallest absolute Gasteiger partial charge is 0.415 e. The zero-order valence-corrected chi connectivity index (χ0v) is 14.1. The first-order chi connectivity index (χ1) is 11.7. The molecule has 5 heteroatoms. The number of anilines is 1. The van der Waals surface area contributed by atoms with Crippen LogP contribution in [0.5, 0.6) is 11.5 Å². The number of methoxy groups -OCH3 is 1. The van der Waals surface area contributed by atoms with Crippen molar-refractivity contribution in [3.63, 3.8) is 0 Å². The van der Waals surface area contributed by atoms with E-state index in [1.165, 1.54) is 0 Å². The van der Waals surface area contributed by atoms with Gasteiger partial charge >= 0.3 is 6.09 Å². The van der Waals surface area contributed by atoms with E-state index < -0.39 is 0 Å². The van der Waals surface area contributed by atoms with Crippen molar-refractivity contribution in [1.82, 2.24) is 4.90 Å². The fourth-order valence-electron chi connectivity index (χ4n) is 2.71. The standard InChI is InChI=1S/C19H22N2O3/c1-15-3-7-18(8-4-15)24-19(22)21-13-11-20(12-14-21)16-5-9-17(23-2)10-6-16/h3-10H,11-14H2,1-2H3. The topological polar surface area (TPSA) is 42.0 Å². The van der Waals surface area contributed by atoms with Crippen molar-refractivity contribution in [2.45, 2.75) is 6.92 Å². The Morgan fingerprint density at radius 3 is 2.04 bits per heavy atom. The van der Waals surface area contributed by atoms with Crippen LogP contribution in [0.1, 0.15) is 5.56 Å². The molecule has 126 valence electrons. The van der Waals surface area contributed by atoms with Gasteiger partial charge in [0.25, 0.3) is 0 Å². The minimum Gasteiger partial charge on any atom is -0.497 e. The van der Waals surface area contributed by atoms with Crippen molar-refractivity contribution in [3.8, 4) is 11.5 Å². The molecule has 1 aliphatic rings. The highest BCUT2D eigenvalue weighted by molar-refractivity contribution is 5.71. The summed E-state index contributed by atoms with van der Waals surface area (Å²) >= 11 is 0. The van der Waals surface area contributed by atoms with Crippen LogP contribution in [0.15, 0.2) is 48.5 Å². The summed E-state index contributed by atoms with van der Waals surface area (Å²) in [7, 11) is 1.66. The average molecular weight is 326 g/mol. The van der Waals surface area contributed by atoms with Crippen LogP contribution in [0.2, 0.25) is 0 Å². The summed E-state index contributed by atoms with van der Waals surface area (Å²) in [6.07, 6.45) is -0.284. The van der Waals surface area contributed by atoms with Crippen LogP contribution >= 0.6 is 0 Å². The van der Waals surface area contributed by atoms with E-state index in [2.05, 4.69) is 4.90 Å². The fourth-order valence-corrected chi connectivity index (χ4v) is 2.71. The first-order valence-electron chi connectivity index (χ1n) is 8.08. The van der Waals surface area contributed by atoms with Crippen LogP contribution in [0, 0.1) is 6.92 Å². The zero-order chi connectivity index (χ0) is 16.9. The lowest BCUT2D eigenvalue weighted by Crippen LogP contribution is -2.49. The Kier molecular flexibility index (Phi) is 4.89. The molecule has 2 aromatic carbocycles. The molecule has 2 aromatic rings. The third kappa shape index (κ3) is 3.79. The van der Waals surface area contributed by atoms with Crippen molar-refractivity contribution >= 4 is 11.8 Å². The lowest BCUT2D eigenvalue weighted by molar-refractivity contribution is 0.149. The first-order valence-corrected chi connectivity index (χ1v) is 8.08. The number of nitrogens with zero attached hydrogens (tertiary/aromatic N) is 2. The van der Waals surface area contributed by atoms with E-state index >= 15 is 0 Å². The number of ether oxygens (including phenoxy) is 2. The normalized spacial score (nSPS) is 14.4. The highest BCUT2D eigenvalue weighted by Crippen LogP contribution is 2.21. The van der Waals surface area contributed by atoms with Gasteiger partial charge in [-0.15, -0.1) is 0 Å². The van der Waals surface area contributed by atoms with E-state index in [0.29, 0.717) is 18.8 Å². The summed E-state index contributed by atoms with van der Waals surface area (Å²) in [5, 5.41) is 0. The van der Waals surface area contributed by atoms with Crippen molar-refractivity contribution in [3.05, 3.63) is 54.1 Å². The first kappa shape index (κ1) is 16.2. The van der Waals surface area contributed by atoms with E-state index in [9.17, 15) is 4.79 Å². The van der Waals surface area contributed by atoms with E-state index in [1.807, 2.05) is 55.5 Å². The van der Waals surface area contributed by atoms with Crippen LogP contribution in [-0.4, -0.2) is 44.3 Å². The van der Waals surface area contributed by atoms with Gasteiger partial charge in [-0.3, -0.25) is 0 Å². The number of hydrogen-bond donors (Lipinski definition) is 0.